The topological polar surface area (TPSA) is 52.7 Å². The van der Waals surface area contributed by atoms with Gasteiger partial charge in [0.1, 0.15) is 11.6 Å². The minimum absolute atomic E-state index is 0.0390. The quantitative estimate of drug-likeness (QED) is 0.863. The maximum atomic E-state index is 13.9. The summed E-state index contributed by atoms with van der Waals surface area (Å²) >= 11 is 0. The van der Waals surface area contributed by atoms with Crippen molar-refractivity contribution in [2.75, 3.05) is 33.2 Å². The standard InChI is InChI=1S/C14H22FN3O/c1-10(13-4-3-12(19)7-14(13)15)18-6-5-17(2)9-11(18)8-16/h3-4,7,10-11,19H,5-6,8-9,16H2,1-2H3. The zero-order valence-electron chi connectivity index (χ0n) is 11.5. The largest absolute Gasteiger partial charge is 0.508 e. The Hall–Kier alpha value is -1.17. The average molecular weight is 267 g/mol. The SMILES string of the molecule is CC(c1ccc(O)cc1F)N1CCN(C)CC1CN. The molecule has 1 aliphatic rings. The van der Waals surface area contributed by atoms with Gasteiger partial charge in [0, 0.05) is 49.9 Å². The van der Waals surface area contributed by atoms with Gasteiger partial charge in [0.05, 0.1) is 0 Å². The molecule has 0 amide bonds. The Morgan fingerprint density at radius 2 is 2.21 bits per heavy atom. The number of likely N-dealkylation sites (N-methyl/N-ethyl adjacent to an activating group) is 1. The van der Waals surface area contributed by atoms with Crippen molar-refractivity contribution >= 4 is 0 Å². The number of piperazine rings is 1. The maximum Gasteiger partial charge on any atom is 0.131 e. The molecule has 106 valence electrons. The van der Waals surface area contributed by atoms with Gasteiger partial charge in [0.25, 0.3) is 0 Å². The molecule has 0 bridgehead atoms. The lowest BCUT2D eigenvalue weighted by Gasteiger charge is -2.43. The summed E-state index contributed by atoms with van der Waals surface area (Å²) in [6, 6.07) is 4.55. The molecule has 4 nitrogen and oxygen atoms in total. The number of phenolic OH excluding ortho intramolecular Hbond substituents is 1. The molecule has 0 radical (unpaired) electrons. The normalized spacial score (nSPS) is 23.5. The number of nitrogens with two attached hydrogens (primary N) is 1. The van der Waals surface area contributed by atoms with E-state index in [-0.39, 0.29) is 23.7 Å². The van der Waals surface area contributed by atoms with Crippen molar-refractivity contribution < 1.29 is 9.50 Å². The average Bonchev–Trinajstić information content (AvgIpc) is 2.37. The van der Waals surface area contributed by atoms with Crippen LogP contribution in [0.15, 0.2) is 18.2 Å². The lowest BCUT2D eigenvalue weighted by atomic mass is 10.0. The molecule has 19 heavy (non-hydrogen) atoms. The van der Waals surface area contributed by atoms with Crippen LogP contribution in [0.2, 0.25) is 0 Å². The first-order valence-electron chi connectivity index (χ1n) is 6.65. The van der Waals surface area contributed by atoms with E-state index < -0.39 is 0 Å². The van der Waals surface area contributed by atoms with Gasteiger partial charge < -0.3 is 15.7 Å². The van der Waals surface area contributed by atoms with Gasteiger partial charge in [-0.3, -0.25) is 4.90 Å². The zero-order chi connectivity index (χ0) is 14.0. The van der Waals surface area contributed by atoms with Gasteiger partial charge in [-0.15, -0.1) is 0 Å². The lowest BCUT2D eigenvalue weighted by molar-refractivity contribution is 0.0608. The number of benzene rings is 1. The third-order valence-electron chi connectivity index (χ3n) is 3.94. The van der Waals surface area contributed by atoms with Crippen molar-refractivity contribution in [2.24, 2.45) is 5.73 Å². The molecule has 2 atom stereocenters. The summed E-state index contributed by atoms with van der Waals surface area (Å²) in [4.78, 5) is 4.49. The molecule has 1 fully saturated rings. The molecule has 1 heterocycles. The molecule has 1 aromatic rings. The second-order valence-corrected chi connectivity index (χ2v) is 5.27. The fourth-order valence-corrected chi connectivity index (χ4v) is 2.78. The van der Waals surface area contributed by atoms with E-state index in [1.54, 1.807) is 6.07 Å². The Kier molecular flexibility index (Phi) is 4.39. The first-order valence-corrected chi connectivity index (χ1v) is 6.65. The summed E-state index contributed by atoms with van der Waals surface area (Å²) in [5, 5.41) is 9.28. The van der Waals surface area contributed by atoms with Crippen LogP contribution in [0, 0.1) is 5.82 Å². The highest BCUT2D eigenvalue weighted by Gasteiger charge is 2.29. The Morgan fingerprint density at radius 1 is 1.47 bits per heavy atom. The van der Waals surface area contributed by atoms with Crippen LogP contribution in [-0.2, 0) is 0 Å². The van der Waals surface area contributed by atoms with E-state index in [9.17, 15) is 9.50 Å². The van der Waals surface area contributed by atoms with Crippen LogP contribution >= 0.6 is 0 Å². The molecule has 1 aromatic carbocycles. The molecule has 3 N–H and O–H groups in total. The summed E-state index contributed by atoms with van der Waals surface area (Å²) in [6.07, 6.45) is 0. The molecular weight excluding hydrogens is 245 g/mol. The van der Waals surface area contributed by atoms with Crippen molar-refractivity contribution in [1.29, 1.82) is 0 Å². The molecule has 0 spiro atoms. The number of hydrogen-bond acceptors (Lipinski definition) is 4. The summed E-state index contributed by atoms with van der Waals surface area (Å²) in [7, 11) is 2.08. The predicted molar refractivity (Wildman–Crippen MR) is 73.5 cm³/mol. The molecule has 0 aromatic heterocycles. The predicted octanol–water partition coefficient (Wildman–Crippen LogP) is 1.17. The molecule has 1 aliphatic heterocycles. The number of hydrogen-bond donors (Lipinski definition) is 2. The van der Waals surface area contributed by atoms with Crippen LogP contribution in [0.25, 0.3) is 0 Å². The monoisotopic (exact) mass is 267 g/mol. The summed E-state index contributed by atoms with van der Waals surface area (Å²) in [6.45, 7) is 5.29. The Bertz CT molecular complexity index is 441. The van der Waals surface area contributed by atoms with Crippen LogP contribution in [0.4, 0.5) is 4.39 Å². The number of aromatic hydroxyl groups is 1. The fourth-order valence-electron chi connectivity index (χ4n) is 2.78. The van der Waals surface area contributed by atoms with E-state index in [4.69, 9.17) is 5.73 Å². The van der Waals surface area contributed by atoms with E-state index in [1.165, 1.54) is 12.1 Å². The van der Waals surface area contributed by atoms with Gasteiger partial charge in [-0.05, 0) is 20.0 Å². The van der Waals surface area contributed by atoms with E-state index in [2.05, 4.69) is 16.8 Å². The minimum atomic E-state index is -0.359. The highest BCUT2D eigenvalue weighted by atomic mass is 19.1. The molecule has 0 aliphatic carbocycles. The highest BCUT2D eigenvalue weighted by Crippen LogP contribution is 2.28. The third kappa shape index (κ3) is 3.05. The fraction of sp³-hybridized carbons (Fsp3) is 0.571. The van der Waals surface area contributed by atoms with Crippen LogP contribution in [0.3, 0.4) is 0 Å². The van der Waals surface area contributed by atoms with Crippen molar-refractivity contribution in [1.82, 2.24) is 9.80 Å². The summed E-state index contributed by atoms with van der Waals surface area (Å²) in [5.74, 6) is -0.399. The number of phenols is 1. The Labute approximate surface area is 113 Å². The molecule has 0 saturated carbocycles. The third-order valence-corrected chi connectivity index (χ3v) is 3.94. The van der Waals surface area contributed by atoms with Gasteiger partial charge >= 0.3 is 0 Å². The number of rotatable bonds is 3. The van der Waals surface area contributed by atoms with Gasteiger partial charge in [-0.25, -0.2) is 4.39 Å². The minimum Gasteiger partial charge on any atom is -0.508 e. The van der Waals surface area contributed by atoms with Gasteiger partial charge in [-0.2, -0.15) is 0 Å². The smallest absolute Gasteiger partial charge is 0.131 e. The molecule has 1 saturated heterocycles. The Balaban J connectivity index is 2.20. The van der Waals surface area contributed by atoms with Crippen molar-refractivity contribution in [3.8, 4) is 5.75 Å². The van der Waals surface area contributed by atoms with Crippen molar-refractivity contribution in [3.05, 3.63) is 29.6 Å². The number of halogens is 1. The van der Waals surface area contributed by atoms with Crippen LogP contribution < -0.4 is 5.73 Å². The maximum absolute atomic E-state index is 13.9. The first-order chi connectivity index (χ1) is 9.02. The highest BCUT2D eigenvalue weighted by molar-refractivity contribution is 5.29. The number of nitrogens with zero attached hydrogens (tertiary/aromatic N) is 2. The van der Waals surface area contributed by atoms with Crippen LogP contribution in [-0.4, -0.2) is 54.2 Å². The summed E-state index contributed by atoms with van der Waals surface area (Å²) < 4.78 is 13.9. The van der Waals surface area contributed by atoms with E-state index in [1.807, 2.05) is 6.92 Å². The van der Waals surface area contributed by atoms with Crippen LogP contribution in [0.5, 0.6) is 5.75 Å². The molecular formula is C14H22FN3O. The van der Waals surface area contributed by atoms with Crippen molar-refractivity contribution in [2.45, 2.75) is 19.0 Å². The lowest BCUT2D eigenvalue weighted by Crippen LogP contribution is -2.55. The molecule has 2 unspecified atom stereocenters. The van der Waals surface area contributed by atoms with E-state index >= 15 is 0 Å². The zero-order valence-corrected chi connectivity index (χ0v) is 11.5. The van der Waals surface area contributed by atoms with Crippen LogP contribution in [0.1, 0.15) is 18.5 Å². The second-order valence-electron chi connectivity index (χ2n) is 5.27. The Morgan fingerprint density at radius 3 is 2.84 bits per heavy atom. The first kappa shape index (κ1) is 14.2. The van der Waals surface area contributed by atoms with Gasteiger partial charge in [-0.1, -0.05) is 6.07 Å². The van der Waals surface area contributed by atoms with Crippen molar-refractivity contribution in [3.63, 3.8) is 0 Å². The molecule has 2 rings (SSSR count). The van der Waals surface area contributed by atoms with E-state index in [0.29, 0.717) is 12.1 Å². The summed E-state index contributed by atoms with van der Waals surface area (Å²) in [5.41, 5.74) is 6.44. The second kappa shape index (κ2) is 5.86. The van der Waals surface area contributed by atoms with Gasteiger partial charge in [0.15, 0.2) is 0 Å². The van der Waals surface area contributed by atoms with Gasteiger partial charge in [0.2, 0.25) is 0 Å². The molecule has 5 heteroatoms. The van der Waals surface area contributed by atoms with E-state index in [0.717, 1.165) is 19.6 Å².